The molecule has 1 aromatic rings. The number of hydrogen-bond acceptors (Lipinski definition) is 3. The highest BCUT2D eigenvalue weighted by Gasteiger charge is 2.21. The van der Waals surface area contributed by atoms with E-state index < -0.39 is 0 Å². The standard InChI is InChI=1S/C18H31NO2/c1-5-15-7-6-8-16(10-15)20-12-17-9-14(4)18(21-17)11-19-13(2)3/h9,13,15-16,19H,5-8,10-12H2,1-4H3. The molecule has 2 atom stereocenters. The van der Waals surface area contributed by atoms with Gasteiger partial charge in [-0.3, -0.25) is 0 Å². The van der Waals surface area contributed by atoms with Gasteiger partial charge in [-0.1, -0.05) is 40.0 Å². The molecule has 0 aromatic carbocycles. The largest absolute Gasteiger partial charge is 0.462 e. The maximum absolute atomic E-state index is 6.08. The van der Waals surface area contributed by atoms with Gasteiger partial charge in [0.2, 0.25) is 0 Å². The lowest BCUT2D eigenvalue weighted by molar-refractivity contribution is -0.00568. The summed E-state index contributed by atoms with van der Waals surface area (Å²) in [5.41, 5.74) is 1.22. The Morgan fingerprint density at radius 3 is 2.90 bits per heavy atom. The van der Waals surface area contributed by atoms with Gasteiger partial charge in [0.25, 0.3) is 0 Å². The SMILES string of the molecule is CCC1CCCC(OCc2cc(C)c(CNC(C)C)o2)C1. The van der Waals surface area contributed by atoms with Crippen molar-refractivity contribution in [3.8, 4) is 0 Å². The van der Waals surface area contributed by atoms with Gasteiger partial charge in [-0.15, -0.1) is 0 Å². The fourth-order valence-corrected chi connectivity index (χ4v) is 3.10. The average Bonchev–Trinajstić information content (AvgIpc) is 2.83. The van der Waals surface area contributed by atoms with E-state index in [1.807, 2.05) is 0 Å². The van der Waals surface area contributed by atoms with Crippen molar-refractivity contribution in [1.82, 2.24) is 5.32 Å². The van der Waals surface area contributed by atoms with E-state index >= 15 is 0 Å². The smallest absolute Gasteiger partial charge is 0.130 e. The molecule has 0 amide bonds. The van der Waals surface area contributed by atoms with E-state index in [9.17, 15) is 0 Å². The zero-order valence-corrected chi connectivity index (χ0v) is 14.1. The number of nitrogens with one attached hydrogen (secondary N) is 1. The molecule has 3 nitrogen and oxygen atoms in total. The van der Waals surface area contributed by atoms with Crippen LogP contribution in [0.3, 0.4) is 0 Å². The van der Waals surface area contributed by atoms with Gasteiger partial charge in [-0.25, -0.2) is 0 Å². The Balaban J connectivity index is 1.81. The zero-order chi connectivity index (χ0) is 15.2. The molecule has 1 aliphatic carbocycles. The Morgan fingerprint density at radius 1 is 1.38 bits per heavy atom. The van der Waals surface area contributed by atoms with Crippen molar-refractivity contribution in [3.05, 3.63) is 23.2 Å². The van der Waals surface area contributed by atoms with E-state index in [0.717, 1.165) is 24.0 Å². The van der Waals surface area contributed by atoms with E-state index in [1.54, 1.807) is 0 Å². The quantitative estimate of drug-likeness (QED) is 0.799. The van der Waals surface area contributed by atoms with Crippen LogP contribution in [0.25, 0.3) is 0 Å². The molecule has 2 unspecified atom stereocenters. The summed E-state index contributed by atoms with van der Waals surface area (Å²) in [5, 5.41) is 3.40. The van der Waals surface area contributed by atoms with Gasteiger partial charge in [0.15, 0.2) is 0 Å². The van der Waals surface area contributed by atoms with Gasteiger partial charge in [0.05, 0.1) is 12.6 Å². The monoisotopic (exact) mass is 293 g/mol. The minimum absolute atomic E-state index is 0.423. The summed E-state index contributed by atoms with van der Waals surface area (Å²) in [6.07, 6.45) is 6.82. The van der Waals surface area contributed by atoms with Crippen LogP contribution in [0.4, 0.5) is 0 Å². The van der Waals surface area contributed by atoms with Gasteiger partial charge in [-0.05, 0) is 37.3 Å². The number of rotatable bonds is 7. The molecule has 0 saturated heterocycles. The third-order valence-electron chi connectivity index (χ3n) is 4.52. The van der Waals surface area contributed by atoms with Crippen molar-refractivity contribution < 1.29 is 9.15 Å². The third-order valence-corrected chi connectivity index (χ3v) is 4.52. The lowest BCUT2D eigenvalue weighted by Crippen LogP contribution is -2.22. The fourth-order valence-electron chi connectivity index (χ4n) is 3.10. The second kappa shape index (κ2) is 8.00. The van der Waals surface area contributed by atoms with Crippen molar-refractivity contribution in [3.63, 3.8) is 0 Å². The fraction of sp³-hybridized carbons (Fsp3) is 0.778. The van der Waals surface area contributed by atoms with Crippen molar-refractivity contribution in [1.29, 1.82) is 0 Å². The predicted octanol–water partition coefficient (Wildman–Crippen LogP) is 4.57. The third kappa shape index (κ3) is 5.15. The van der Waals surface area contributed by atoms with Crippen LogP contribution in [0.2, 0.25) is 0 Å². The first kappa shape index (κ1) is 16.6. The van der Waals surface area contributed by atoms with E-state index in [-0.39, 0.29) is 0 Å². The molecule has 3 heteroatoms. The lowest BCUT2D eigenvalue weighted by Gasteiger charge is -2.28. The van der Waals surface area contributed by atoms with Crippen molar-refractivity contribution >= 4 is 0 Å². The number of aryl methyl sites for hydroxylation is 1. The molecule has 1 heterocycles. The normalized spacial score (nSPS) is 22.9. The summed E-state index contributed by atoms with van der Waals surface area (Å²) >= 11 is 0. The first-order valence-corrected chi connectivity index (χ1v) is 8.51. The second-order valence-electron chi connectivity index (χ2n) is 6.73. The molecule has 0 radical (unpaired) electrons. The molecule has 1 fully saturated rings. The molecule has 1 N–H and O–H groups in total. The lowest BCUT2D eigenvalue weighted by atomic mass is 9.85. The van der Waals surface area contributed by atoms with Crippen LogP contribution in [0, 0.1) is 12.8 Å². The van der Waals surface area contributed by atoms with Gasteiger partial charge in [-0.2, -0.15) is 0 Å². The minimum Gasteiger partial charge on any atom is -0.462 e. The van der Waals surface area contributed by atoms with Crippen LogP contribution in [-0.4, -0.2) is 12.1 Å². The maximum Gasteiger partial charge on any atom is 0.130 e. The molecule has 120 valence electrons. The first-order chi connectivity index (χ1) is 10.1. The molecule has 1 aliphatic rings. The van der Waals surface area contributed by atoms with Crippen molar-refractivity contribution in [2.75, 3.05) is 0 Å². The molecule has 21 heavy (non-hydrogen) atoms. The number of ether oxygens (including phenoxy) is 1. The zero-order valence-electron chi connectivity index (χ0n) is 14.1. The summed E-state index contributed by atoms with van der Waals surface area (Å²) in [7, 11) is 0. The average molecular weight is 293 g/mol. The van der Waals surface area contributed by atoms with Gasteiger partial charge < -0.3 is 14.5 Å². The Bertz CT molecular complexity index is 425. The highest BCUT2D eigenvalue weighted by atomic mass is 16.5. The molecule has 0 bridgehead atoms. The Kier molecular flexibility index (Phi) is 6.31. The number of hydrogen-bond donors (Lipinski definition) is 1. The van der Waals surface area contributed by atoms with Crippen LogP contribution in [0.1, 0.15) is 70.0 Å². The Labute approximate surface area is 129 Å². The Hall–Kier alpha value is -0.800. The van der Waals surface area contributed by atoms with Gasteiger partial charge >= 0.3 is 0 Å². The van der Waals surface area contributed by atoms with Crippen molar-refractivity contribution in [2.24, 2.45) is 5.92 Å². The molecule has 2 rings (SSSR count). The highest BCUT2D eigenvalue weighted by Crippen LogP contribution is 2.29. The molecular formula is C18H31NO2. The van der Waals surface area contributed by atoms with Crippen LogP contribution in [-0.2, 0) is 17.9 Å². The van der Waals surface area contributed by atoms with E-state index in [4.69, 9.17) is 9.15 Å². The van der Waals surface area contributed by atoms with Crippen LogP contribution < -0.4 is 5.32 Å². The van der Waals surface area contributed by atoms with Gasteiger partial charge in [0.1, 0.15) is 18.1 Å². The summed E-state index contributed by atoms with van der Waals surface area (Å²) in [5.74, 6) is 2.86. The van der Waals surface area contributed by atoms with Crippen LogP contribution in [0.5, 0.6) is 0 Å². The minimum atomic E-state index is 0.423. The topological polar surface area (TPSA) is 34.4 Å². The molecule has 1 aromatic heterocycles. The maximum atomic E-state index is 6.08. The first-order valence-electron chi connectivity index (χ1n) is 8.51. The molecule has 1 saturated carbocycles. The van der Waals surface area contributed by atoms with Crippen LogP contribution >= 0.6 is 0 Å². The molecule has 0 aliphatic heterocycles. The summed E-state index contributed by atoms with van der Waals surface area (Å²) < 4.78 is 12.0. The summed E-state index contributed by atoms with van der Waals surface area (Å²) in [6, 6.07) is 2.60. The predicted molar refractivity (Wildman–Crippen MR) is 86.2 cm³/mol. The van der Waals surface area contributed by atoms with E-state index in [1.165, 1.54) is 37.7 Å². The van der Waals surface area contributed by atoms with Crippen molar-refractivity contribution in [2.45, 2.75) is 85.1 Å². The van der Waals surface area contributed by atoms with E-state index in [2.05, 4.69) is 39.1 Å². The van der Waals surface area contributed by atoms with E-state index in [0.29, 0.717) is 18.8 Å². The summed E-state index contributed by atoms with van der Waals surface area (Å²) in [4.78, 5) is 0. The molecule has 0 spiro atoms. The highest BCUT2D eigenvalue weighted by molar-refractivity contribution is 5.19. The number of furan rings is 1. The summed E-state index contributed by atoms with van der Waals surface area (Å²) in [6.45, 7) is 10.1. The molecular weight excluding hydrogens is 262 g/mol. The second-order valence-corrected chi connectivity index (χ2v) is 6.73. The Morgan fingerprint density at radius 2 is 2.19 bits per heavy atom. The van der Waals surface area contributed by atoms with Gasteiger partial charge in [0, 0.05) is 6.04 Å². The van der Waals surface area contributed by atoms with Crippen LogP contribution in [0.15, 0.2) is 10.5 Å².